The van der Waals surface area contributed by atoms with Crippen LogP contribution in [0.5, 0.6) is 0 Å². The number of carbonyl (C=O) groups excluding carboxylic acids is 2. The van der Waals surface area contributed by atoms with Crippen molar-refractivity contribution < 1.29 is 19.1 Å². The molecule has 4 rings (SSSR count). The fourth-order valence-electron chi connectivity index (χ4n) is 4.93. The smallest absolute Gasteiger partial charge is 0.322 e. The Morgan fingerprint density at radius 3 is 2.53 bits per heavy atom. The molecule has 0 bridgehead atoms. The number of hydrogen-bond acceptors (Lipinski definition) is 4. The van der Waals surface area contributed by atoms with Crippen molar-refractivity contribution in [2.45, 2.75) is 64.1 Å². The third kappa shape index (κ3) is 3.46. The minimum Gasteiger partial charge on any atom is -0.447 e. The number of halogens is 1. The lowest BCUT2D eigenvalue weighted by molar-refractivity contribution is -0.175. The lowest BCUT2D eigenvalue weighted by atomic mass is 9.75. The largest absolute Gasteiger partial charge is 0.447 e. The highest BCUT2D eigenvalue weighted by Gasteiger charge is 2.61. The van der Waals surface area contributed by atoms with E-state index in [0.717, 1.165) is 47.1 Å². The first-order valence-electron chi connectivity index (χ1n) is 10.6. The van der Waals surface area contributed by atoms with Crippen molar-refractivity contribution in [2.24, 2.45) is 0 Å². The van der Waals surface area contributed by atoms with Crippen LogP contribution in [-0.2, 0) is 19.1 Å². The highest BCUT2D eigenvalue weighted by Crippen LogP contribution is 2.45. The van der Waals surface area contributed by atoms with Gasteiger partial charge in [0, 0.05) is 11.6 Å². The van der Waals surface area contributed by atoms with Crippen molar-refractivity contribution in [2.75, 3.05) is 6.61 Å². The molecular weight excluding hydrogens is 400 g/mol. The normalized spacial score (nSPS) is 26.3. The molecule has 0 N–H and O–H groups in total. The van der Waals surface area contributed by atoms with Gasteiger partial charge >= 0.3 is 5.97 Å². The Hall–Kier alpha value is -2.17. The molecule has 1 saturated carbocycles. The standard InChI is InChI=1S/C25H27ClO4/c1-4-29-21-7-5-6-12-25(21)23(27)22(24(28)30-25)20-14-15(2)19(13-16(20)3)17-8-10-18(26)11-9-17/h8-11,13-14,21-22H,4-7,12H2,1-3H3. The fraction of sp³-hybridized carbons (Fsp3) is 0.440. The van der Waals surface area contributed by atoms with E-state index in [-0.39, 0.29) is 11.9 Å². The van der Waals surface area contributed by atoms with Crippen LogP contribution in [0.2, 0.25) is 5.02 Å². The molecule has 2 aliphatic rings. The molecule has 1 aliphatic carbocycles. The molecule has 1 saturated heterocycles. The van der Waals surface area contributed by atoms with E-state index in [1.54, 1.807) is 0 Å². The van der Waals surface area contributed by atoms with E-state index in [9.17, 15) is 9.59 Å². The van der Waals surface area contributed by atoms with Gasteiger partial charge in [-0.1, -0.05) is 42.3 Å². The molecule has 0 amide bonds. The predicted molar refractivity (Wildman–Crippen MR) is 117 cm³/mol. The molecule has 2 aromatic rings. The molecule has 4 nitrogen and oxygen atoms in total. The molecule has 0 radical (unpaired) electrons. The Bertz CT molecular complexity index is 979. The van der Waals surface area contributed by atoms with Gasteiger partial charge < -0.3 is 9.47 Å². The maximum Gasteiger partial charge on any atom is 0.322 e. The van der Waals surface area contributed by atoms with E-state index >= 15 is 0 Å². The summed E-state index contributed by atoms with van der Waals surface area (Å²) in [4.78, 5) is 26.5. The van der Waals surface area contributed by atoms with Gasteiger partial charge in [-0.3, -0.25) is 9.59 Å². The zero-order valence-corrected chi connectivity index (χ0v) is 18.4. The third-order valence-corrected chi connectivity index (χ3v) is 6.68. The monoisotopic (exact) mass is 426 g/mol. The Morgan fingerprint density at radius 1 is 1.10 bits per heavy atom. The SMILES string of the molecule is CCOC1CCCCC12OC(=O)C(c1cc(C)c(-c3ccc(Cl)cc3)cc1C)C2=O. The number of hydrogen-bond donors (Lipinski definition) is 0. The van der Waals surface area contributed by atoms with Crippen molar-refractivity contribution in [3.05, 3.63) is 58.1 Å². The van der Waals surface area contributed by atoms with Gasteiger partial charge in [0.05, 0.1) is 0 Å². The summed E-state index contributed by atoms with van der Waals surface area (Å²) in [5.41, 5.74) is 3.62. The first-order chi connectivity index (χ1) is 14.4. The third-order valence-electron chi connectivity index (χ3n) is 6.43. The van der Waals surface area contributed by atoms with Gasteiger partial charge in [-0.15, -0.1) is 0 Å². The number of esters is 1. The minimum atomic E-state index is -1.13. The lowest BCUT2D eigenvalue weighted by Gasteiger charge is -2.37. The van der Waals surface area contributed by atoms with Crippen LogP contribution in [0.15, 0.2) is 36.4 Å². The Kier molecular flexibility index (Phi) is 5.73. The number of Topliss-reactive ketones (excluding diaryl/α,β-unsaturated/α-hetero) is 1. The van der Waals surface area contributed by atoms with Gasteiger partial charge in [0.25, 0.3) is 0 Å². The maximum absolute atomic E-state index is 13.6. The molecule has 2 aromatic carbocycles. The van der Waals surface area contributed by atoms with Crippen molar-refractivity contribution in [1.29, 1.82) is 0 Å². The average molecular weight is 427 g/mol. The summed E-state index contributed by atoms with van der Waals surface area (Å²) in [6, 6.07) is 11.7. The lowest BCUT2D eigenvalue weighted by Crippen LogP contribution is -2.51. The van der Waals surface area contributed by atoms with Gasteiger partial charge in [-0.2, -0.15) is 0 Å². The Balaban J connectivity index is 1.72. The molecule has 3 atom stereocenters. The first kappa shape index (κ1) is 21.1. The molecule has 1 spiro atoms. The van der Waals surface area contributed by atoms with E-state index in [0.29, 0.717) is 18.1 Å². The predicted octanol–water partition coefficient (Wildman–Crippen LogP) is 5.55. The molecule has 30 heavy (non-hydrogen) atoms. The molecule has 5 heteroatoms. The number of benzene rings is 2. The highest BCUT2D eigenvalue weighted by molar-refractivity contribution is 6.30. The maximum atomic E-state index is 13.6. The second kappa shape index (κ2) is 8.16. The number of ketones is 1. The second-order valence-corrected chi connectivity index (χ2v) is 8.76. The topological polar surface area (TPSA) is 52.6 Å². The van der Waals surface area contributed by atoms with Gasteiger partial charge in [0.2, 0.25) is 0 Å². The highest BCUT2D eigenvalue weighted by atomic mass is 35.5. The van der Waals surface area contributed by atoms with Gasteiger partial charge in [0.15, 0.2) is 11.4 Å². The molecule has 2 fully saturated rings. The van der Waals surface area contributed by atoms with Crippen LogP contribution in [0, 0.1) is 13.8 Å². The summed E-state index contributed by atoms with van der Waals surface area (Å²) in [5.74, 6) is -1.48. The van der Waals surface area contributed by atoms with E-state index < -0.39 is 17.5 Å². The summed E-state index contributed by atoms with van der Waals surface area (Å²) in [5, 5.41) is 0.686. The van der Waals surface area contributed by atoms with Gasteiger partial charge in [-0.25, -0.2) is 0 Å². The van der Waals surface area contributed by atoms with E-state index in [4.69, 9.17) is 21.1 Å². The summed E-state index contributed by atoms with van der Waals surface area (Å²) in [6.45, 7) is 6.34. The second-order valence-electron chi connectivity index (χ2n) is 8.33. The Morgan fingerprint density at radius 2 is 1.83 bits per heavy atom. The van der Waals surface area contributed by atoms with Crippen molar-refractivity contribution in [1.82, 2.24) is 0 Å². The van der Waals surface area contributed by atoms with Crippen LogP contribution in [0.1, 0.15) is 55.2 Å². The van der Waals surface area contributed by atoms with E-state index in [1.165, 1.54) is 0 Å². The molecule has 3 unspecified atom stereocenters. The zero-order chi connectivity index (χ0) is 21.5. The van der Waals surface area contributed by atoms with Gasteiger partial charge in [0.1, 0.15) is 12.0 Å². The van der Waals surface area contributed by atoms with E-state index in [1.807, 2.05) is 57.2 Å². The Labute approximate surface area is 182 Å². The summed E-state index contributed by atoms with van der Waals surface area (Å²) < 4.78 is 11.7. The van der Waals surface area contributed by atoms with Crippen LogP contribution < -0.4 is 0 Å². The molecule has 158 valence electrons. The van der Waals surface area contributed by atoms with E-state index in [2.05, 4.69) is 0 Å². The number of carbonyl (C=O) groups is 2. The average Bonchev–Trinajstić information content (AvgIpc) is 2.96. The fourth-order valence-corrected chi connectivity index (χ4v) is 5.05. The van der Waals surface area contributed by atoms with Crippen LogP contribution in [0.4, 0.5) is 0 Å². The van der Waals surface area contributed by atoms with Crippen LogP contribution >= 0.6 is 11.6 Å². The number of ether oxygens (including phenoxy) is 2. The van der Waals surface area contributed by atoms with Crippen LogP contribution in [0.3, 0.4) is 0 Å². The molecular formula is C25H27ClO4. The van der Waals surface area contributed by atoms with Crippen molar-refractivity contribution in [3.63, 3.8) is 0 Å². The molecule has 1 aliphatic heterocycles. The summed E-state index contributed by atoms with van der Waals surface area (Å²) in [7, 11) is 0. The molecule has 0 aromatic heterocycles. The first-order valence-corrected chi connectivity index (χ1v) is 11.0. The molecule has 1 heterocycles. The summed E-state index contributed by atoms with van der Waals surface area (Å²) in [6.07, 6.45) is 2.78. The van der Waals surface area contributed by atoms with Crippen molar-refractivity contribution in [3.8, 4) is 11.1 Å². The quantitative estimate of drug-likeness (QED) is 0.475. The zero-order valence-electron chi connectivity index (χ0n) is 17.7. The van der Waals surface area contributed by atoms with Gasteiger partial charge in [-0.05, 0) is 80.0 Å². The van der Waals surface area contributed by atoms with Crippen LogP contribution in [-0.4, -0.2) is 30.1 Å². The number of rotatable bonds is 4. The minimum absolute atomic E-state index is 0.146. The summed E-state index contributed by atoms with van der Waals surface area (Å²) >= 11 is 6.02. The van der Waals surface area contributed by atoms with Crippen molar-refractivity contribution >= 4 is 23.4 Å². The van der Waals surface area contributed by atoms with Crippen LogP contribution in [0.25, 0.3) is 11.1 Å². The number of aryl methyl sites for hydroxylation is 2.